The average molecular weight is 413 g/mol. The second-order valence-electron chi connectivity index (χ2n) is 8.33. The van der Waals surface area contributed by atoms with Crippen LogP contribution in [0.1, 0.15) is 34.9 Å². The lowest BCUT2D eigenvalue weighted by Crippen LogP contribution is -2.25. The Balaban J connectivity index is 1.54. The molecule has 1 amide bonds. The van der Waals surface area contributed by atoms with Gasteiger partial charge in [-0.2, -0.15) is 0 Å². The number of imidazole rings is 1. The highest BCUT2D eigenvalue weighted by Gasteiger charge is 2.35. The fraction of sp³-hybridized carbons (Fsp3) is 0.231. The summed E-state index contributed by atoms with van der Waals surface area (Å²) in [6, 6.07) is 20.9. The number of amides is 1. The van der Waals surface area contributed by atoms with Crippen molar-refractivity contribution in [2.24, 2.45) is 0 Å². The highest BCUT2D eigenvalue weighted by molar-refractivity contribution is 5.97. The van der Waals surface area contributed by atoms with Crippen molar-refractivity contribution >= 4 is 22.6 Å². The van der Waals surface area contributed by atoms with Gasteiger partial charge in [-0.3, -0.25) is 4.79 Å². The Bertz CT molecular complexity index is 1290. The molecule has 31 heavy (non-hydrogen) atoms. The van der Waals surface area contributed by atoms with Crippen LogP contribution in [0.5, 0.6) is 0 Å². The molecule has 4 nitrogen and oxygen atoms in total. The Morgan fingerprint density at radius 3 is 2.61 bits per heavy atom. The Hall–Kier alpha value is -3.47. The molecule has 1 aromatic heterocycles. The topological polar surface area (TPSA) is 38.1 Å². The average Bonchev–Trinajstić information content (AvgIpc) is 3.30. The minimum absolute atomic E-state index is 0.0487. The summed E-state index contributed by atoms with van der Waals surface area (Å²) in [5, 5.41) is 0. The summed E-state index contributed by atoms with van der Waals surface area (Å²) in [6.45, 7) is 5.05. The normalized spacial score (nSPS) is 16.4. The molecule has 1 aliphatic rings. The van der Waals surface area contributed by atoms with Gasteiger partial charge < -0.3 is 9.47 Å². The van der Waals surface area contributed by atoms with Gasteiger partial charge in [0.2, 0.25) is 5.91 Å². The second-order valence-corrected chi connectivity index (χ2v) is 8.33. The first kappa shape index (κ1) is 19.5. The molecule has 1 fully saturated rings. The molecule has 1 unspecified atom stereocenters. The van der Waals surface area contributed by atoms with E-state index in [1.165, 1.54) is 11.6 Å². The molecular weight excluding hydrogens is 389 g/mol. The number of nitrogens with zero attached hydrogens (tertiary/aromatic N) is 3. The quantitative estimate of drug-likeness (QED) is 0.452. The van der Waals surface area contributed by atoms with Crippen molar-refractivity contribution in [1.82, 2.24) is 9.55 Å². The van der Waals surface area contributed by atoms with Gasteiger partial charge in [-0.15, -0.1) is 0 Å². The summed E-state index contributed by atoms with van der Waals surface area (Å²) in [6.07, 6.45) is 0.397. The lowest BCUT2D eigenvalue weighted by molar-refractivity contribution is -0.117. The van der Waals surface area contributed by atoms with E-state index in [4.69, 9.17) is 4.98 Å². The molecule has 4 aromatic rings. The number of anilines is 1. The van der Waals surface area contributed by atoms with Crippen LogP contribution in [0.2, 0.25) is 0 Å². The van der Waals surface area contributed by atoms with E-state index in [0.717, 1.165) is 28.1 Å². The second kappa shape index (κ2) is 7.65. The molecule has 0 radical (unpaired) electrons. The summed E-state index contributed by atoms with van der Waals surface area (Å²) >= 11 is 0. The predicted molar refractivity (Wildman–Crippen MR) is 121 cm³/mol. The van der Waals surface area contributed by atoms with Crippen molar-refractivity contribution < 1.29 is 9.18 Å². The first-order valence-corrected chi connectivity index (χ1v) is 10.6. The minimum atomic E-state index is -0.231. The third-order valence-corrected chi connectivity index (χ3v) is 6.10. The molecule has 0 N–H and O–H groups in total. The van der Waals surface area contributed by atoms with Crippen LogP contribution < -0.4 is 4.90 Å². The van der Waals surface area contributed by atoms with E-state index in [-0.39, 0.29) is 17.6 Å². The Morgan fingerprint density at radius 1 is 1.03 bits per heavy atom. The first-order valence-electron chi connectivity index (χ1n) is 10.6. The molecule has 0 spiro atoms. The van der Waals surface area contributed by atoms with Crippen LogP contribution in [-0.2, 0) is 11.3 Å². The molecule has 3 aromatic carbocycles. The number of hydrogen-bond acceptors (Lipinski definition) is 2. The van der Waals surface area contributed by atoms with Crippen molar-refractivity contribution in [2.75, 3.05) is 11.4 Å². The Kier molecular flexibility index (Phi) is 4.81. The van der Waals surface area contributed by atoms with Gasteiger partial charge in [0.1, 0.15) is 11.6 Å². The zero-order valence-electron chi connectivity index (χ0n) is 17.7. The Labute approximate surface area is 181 Å². The number of rotatable bonds is 4. The van der Waals surface area contributed by atoms with Crippen LogP contribution in [0.4, 0.5) is 10.1 Å². The maximum absolute atomic E-state index is 14.4. The van der Waals surface area contributed by atoms with Crippen molar-refractivity contribution in [2.45, 2.75) is 32.7 Å². The molecule has 0 bridgehead atoms. The van der Waals surface area contributed by atoms with Gasteiger partial charge in [0.15, 0.2) is 0 Å². The van der Waals surface area contributed by atoms with Gasteiger partial charge in [-0.05, 0) is 43.7 Å². The molecule has 0 aliphatic carbocycles. The third kappa shape index (κ3) is 3.50. The van der Waals surface area contributed by atoms with Gasteiger partial charge in [0.25, 0.3) is 0 Å². The number of aromatic nitrogens is 2. The van der Waals surface area contributed by atoms with E-state index in [0.29, 0.717) is 25.1 Å². The fourth-order valence-corrected chi connectivity index (χ4v) is 4.59. The smallest absolute Gasteiger partial charge is 0.227 e. The third-order valence-electron chi connectivity index (χ3n) is 6.10. The van der Waals surface area contributed by atoms with Crippen molar-refractivity contribution in [3.63, 3.8) is 0 Å². The lowest BCUT2D eigenvalue weighted by atomic mass is 10.1. The fourth-order valence-electron chi connectivity index (χ4n) is 4.59. The van der Waals surface area contributed by atoms with E-state index < -0.39 is 0 Å². The summed E-state index contributed by atoms with van der Waals surface area (Å²) in [7, 11) is 0. The highest BCUT2D eigenvalue weighted by atomic mass is 19.1. The highest BCUT2D eigenvalue weighted by Crippen LogP contribution is 2.35. The van der Waals surface area contributed by atoms with Crippen LogP contribution in [0, 0.1) is 19.7 Å². The van der Waals surface area contributed by atoms with Crippen molar-refractivity contribution in [3.05, 3.63) is 95.1 Å². The molecule has 5 rings (SSSR count). The molecule has 1 atom stereocenters. The van der Waals surface area contributed by atoms with Gasteiger partial charge in [-0.1, -0.05) is 48.0 Å². The molecule has 0 saturated carbocycles. The largest absolute Gasteiger partial charge is 0.323 e. The van der Waals surface area contributed by atoms with Crippen molar-refractivity contribution in [1.29, 1.82) is 0 Å². The van der Waals surface area contributed by atoms with Crippen molar-refractivity contribution in [3.8, 4) is 0 Å². The molecule has 1 aliphatic heterocycles. The van der Waals surface area contributed by atoms with E-state index in [1.54, 1.807) is 12.1 Å². The lowest BCUT2D eigenvalue weighted by Gasteiger charge is -2.20. The van der Waals surface area contributed by atoms with E-state index in [1.807, 2.05) is 54.3 Å². The minimum Gasteiger partial charge on any atom is -0.323 e. The zero-order valence-corrected chi connectivity index (χ0v) is 17.7. The maximum Gasteiger partial charge on any atom is 0.227 e. The summed E-state index contributed by atoms with van der Waals surface area (Å²) in [4.78, 5) is 19.7. The number of benzene rings is 3. The monoisotopic (exact) mass is 413 g/mol. The predicted octanol–water partition coefficient (Wildman–Crippen LogP) is 5.36. The van der Waals surface area contributed by atoms with Crippen LogP contribution in [0.25, 0.3) is 11.0 Å². The van der Waals surface area contributed by atoms with Crippen LogP contribution in [-0.4, -0.2) is 22.0 Å². The number of hydrogen-bond donors (Lipinski definition) is 0. The van der Waals surface area contributed by atoms with Crippen LogP contribution in [0.15, 0.2) is 66.7 Å². The summed E-state index contributed by atoms with van der Waals surface area (Å²) in [5.74, 6) is 0.657. The number of carbonyl (C=O) groups excluding carboxylic acids is 1. The van der Waals surface area contributed by atoms with E-state index in [9.17, 15) is 9.18 Å². The number of carbonyl (C=O) groups is 1. The molecular formula is C26H24FN3O. The summed E-state index contributed by atoms with van der Waals surface area (Å²) in [5.41, 5.74) is 5.66. The van der Waals surface area contributed by atoms with Crippen LogP contribution in [0.3, 0.4) is 0 Å². The standard InChI is InChI=1S/C26H24FN3O/c1-17-11-12-23(18(2)13-17)29-16-20(14-25(29)31)26-28-22-9-5-6-10-24(22)30(26)15-19-7-3-4-8-21(19)27/h3-13,20H,14-16H2,1-2H3. The molecule has 1 saturated heterocycles. The van der Waals surface area contributed by atoms with E-state index >= 15 is 0 Å². The van der Waals surface area contributed by atoms with Gasteiger partial charge in [-0.25, -0.2) is 9.37 Å². The molecule has 156 valence electrons. The number of fused-ring (bicyclic) bond motifs is 1. The SMILES string of the molecule is Cc1ccc(N2CC(c3nc4ccccc4n3Cc3ccccc3F)CC2=O)c(C)c1. The number of para-hydroxylation sites is 2. The Morgan fingerprint density at radius 2 is 1.81 bits per heavy atom. The van der Waals surface area contributed by atoms with Gasteiger partial charge in [0.05, 0.1) is 17.6 Å². The summed E-state index contributed by atoms with van der Waals surface area (Å²) < 4.78 is 16.5. The van der Waals surface area contributed by atoms with Gasteiger partial charge in [0, 0.05) is 30.1 Å². The number of aryl methyl sites for hydroxylation is 2. The van der Waals surface area contributed by atoms with Gasteiger partial charge >= 0.3 is 0 Å². The zero-order chi connectivity index (χ0) is 21.5. The molecule has 5 heteroatoms. The van der Waals surface area contributed by atoms with Crippen LogP contribution >= 0.6 is 0 Å². The first-order chi connectivity index (χ1) is 15.0. The molecule has 2 heterocycles. The van der Waals surface area contributed by atoms with E-state index in [2.05, 4.69) is 17.6 Å². The number of halogens is 1. The maximum atomic E-state index is 14.4.